The van der Waals surface area contributed by atoms with E-state index in [4.69, 9.17) is 9.84 Å². The van der Waals surface area contributed by atoms with Crippen molar-refractivity contribution in [3.8, 4) is 0 Å². The van der Waals surface area contributed by atoms with Crippen LogP contribution in [0.5, 0.6) is 0 Å². The predicted octanol–water partition coefficient (Wildman–Crippen LogP) is -0.985. The van der Waals surface area contributed by atoms with Crippen molar-refractivity contribution in [2.45, 2.75) is 37.5 Å². The zero-order valence-corrected chi connectivity index (χ0v) is 10.7. The lowest BCUT2D eigenvalue weighted by molar-refractivity contribution is -0.140. The van der Waals surface area contributed by atoms with Crippen molar-refractivity contribution >= 4 is 16.0 Å². The van der Waals surface area contributed by atoms with Crippen LogP contribution in [-0.4, -0.2) is 66.1 Å². The molecule has 0 amide bonds. The number of ether oxygens (including phenoxy) is 1. The summed E-state index contributed by atoms with van der Waals surface area (Å²) in [6.07, 6.45) is 0.172. The molecule has 2 aliphatic rings. The fourth-order valence-corrected chi connectivity index (χ4v) is 4.31. The predicted molar refractivity (Wildman–Crippen MR) is 61.5 cm³/mol. The van der Waals surface area contributed by atoms with Crippen molar-refractivity contribution in [3.63, 3.8) is 0 Å². The highest BCUT2D eigenvalue weighted by molar-refractivity contribution is 7.89. The number of hydrogen-bond acceptors (Lipinski definition) is 5. The van der Waals surface area contributed by atoms with Crippen LogP contribution in [0, 0.1) is 0 Å². The van der Waals surface area contributed by atoms with Gasteiger partial charge in [-0.2, -0.15) is 4.31 Å². The fourth-order valence-electron chi connectivity index (χ4n) is 2.42. The molecule has 2 rings (SSSR count). The lowest BCUT2D eigenvalue weighted by Gasteiger charge is -2.22. The van der Waals surface area contributed by atoms with Crippen LogP contribution in [0.2, 0.25) is 0 Å². The van der Waals surface area contributed by atoms with Crippen molar-refractivity contribution in [2.75, 3.05) is 18.9 Å². The minimum absolute atomic E-state index is 0.0555. The van der Waals surface area contributed by atoms with E-state index in [1.54, 1.807) is 0 Å². The second kappa shape index (κ2) is 5.12. The molecule has 18 heavy (non-hydrogen) atoms. The topological polar surface area (TPSA) is 104 Å². The number of carbonyl (C=O) groups is 1. The van der Waals surface area contributed by atoms with Gasteiger partial charge in [0.05, 0.1) is 18.0 Å². The average Bonchev–Trinajstić information content (AvgIpc) is 2.86. The Kier molecular flexibility index (Phi) is 3.90. The van der Waals surface area contributed by atoms with Gasteiger partial charge in [0, 0.05) is 19.6 Å². The molecule has 2 aliphatic heterocycles. The van der Waals surface area contributed by atoms with Crippen LogP contribution in [-0.2, 0) is 19.6 Å². The normalized spacial score (nSPS) is 33.9. The summed E-state index contributed by atoms with van der Waals surface area (Å²) in [5.41, 5.74) is 0. The number of sulfonamides is 1. The number of carboxylic acids is 1. The largest absolute Gasteiger partial charge is 0.480 e. The van der Waals surface area contributed by atoms with E-state index in [0.717, 1.165) is 10.7 Å². The van der Waals surface area contributed by atoms with Gasteiger partial charge in [0.1, 0.15) is 6.04 Å². The molecule has 0 spiro atoms. The van der Waals surface area contributed by atoms with E-state index in [1.165, 1.54) is 0 Å². The standard InChI is InChI=1S/C10H17NO6S/c12-7-4-9(10(13)14)11(5-7)18(15,16)6-8-2-1-3-17-8/h7-9,12H,1-6H2,(H,13,14)/t7-,8?,9-/m0/s1. The van der Waals surface area contributed by atoms with Crippen LogP contribution in [0.4, 0.5) is 0 Å². The van der Waals surface area contributed by atoms with Crippen LogP contribution in [0.15, 0.2) is 0 Å². The summed E-state index contributed by atoms with van der Waals surface area (Å²) >= 11 is 0. The van der Waals surface area contributed by atoms with Crippen LogP contribution < -0.4 is 0 Å². The second-order valence-electron chi connectivity index (χ2n) is 4.73. The Balaban J connectivity index is 2.10. The summed E-state index contributed by atoms with van der Waals surface area (Å²) in [5, 5.41) is 18.4. The molecule has 0 radical (unpaired) electrons. The Morgan fingerprint density at radius 1 is 1.44 bits per heavy atom. The quantitative estimate of drug-likeness (QED) is 0.685. The first-order valence-corrected chi connectivity index (χ1v) is 7.53. The molecule has 3 atom stereocenters. The van der Waals surface area contributed by atoms with Gasteiger partial charge >= 0.3 is 5.97 Å². The third-order valence-electron chi connectivity index (χ3n) is 3.30. The summed E-state index contributed by atoms with van der Waals surface area (Å²) in [6.45, 7) is 0.400. The first kappa shape index (κ1) is 13.7. The molecule has 2 saturated heterocycles. The minimum Gasteiger partial charge on any atom is -0.480 e. The van der Waals surface area contributed by atoms with Gasteiger partial charge in [-0.05, 0) is 12.8 Å². The number of aliphatic carboxylic acids is 1. The smallest absolute Gasteiger partial charge is 0.322 e. The Bertz CT molecular complexity index is 416. The van der Waals surface area contributed by atoms with Gasteiger partial charge in [-0.1, -0.05) is 0 Å². The van der Waals surface area contributed by atoms with Gasteiger partial charge in [-0.25, -0.2) is 8.42 Å². The van der Waals surface area contributed by atoms with Gasteiger partial charge in [0.2, 0.25) is 10.0 Å². The maximum absolute atomic E-state index is 12.1. The molecule has 2 heterocycles. The number of rotatable bonds is 4. The molecular formula is C10H17NO6S. The summed E-state index contributed by atoms with van der Waals surface area (Å²) < 4.78 is 30.4. The van der Waals surface area contributed by atoms with Gasteiger partial charge in [0.15, 0.2) is 0 Å². The summed E-state index contributed by atoms with van der Waals surface area (Å²) in [4.78, 5) is 11.0. The number of aliphatic hydroxyl groups excluding tert-OH is 1. The maximum atomic E-state index is 12.1. The monoisotopic (exact) mass is 279 g/mol. The van der Waals surface area contributed by atoms with E-state index in [-0.39, 0.29) is 24.8 Å². The van der Waals surface area contributed by atoms with Crippen LogP contribution in [0.3, 0.4) is 0 Å². The molecule has 0 bridgehead atoms. The Hall–Kier alpha value is -0.700. The van der Waals surface area contributed by atoms with E-state index in [1.807, 2.05) is 0 Å². The molecule has 2 fully saturated rings. The number of hydrogen-bond donors (Lipinski definition) is 2. The second-order valence-corrected chi connectivity index (χ2v) is 6.69. The van der Waals surface area contributed by atoms with Crippen LogP contribution >= 0.6 is 0 Å². The van der Waals surface area contributed by atoms with Crippen molar-refractivity contribution in [3.05, 3.63) is 0 Å². The van der Waals surface area contributed by atoms with E-state index in [0.29, 0.717) is 13.0 Å². The molecule has 2 N–H and O–H groups in total. The Morgan fingerprint density at radius 3 is 2.72 bits per heavy atom. The molecule has 0 aromatic rings. The summed E-state index contributed by atoms with van der Waals surface area (Å²) in [7, 11) is -3.70. The number of nitrogens with zero attached hydrogens (tertiary/aromatic N) is 1. The fraction of sp³-hybridized carbons (Fsp3) is 0.900. The van der Waals surface area contributed by atoms with E-state index >= 15 is 0 Å². The molecule has 104 valence electrons. The molecule has 7 nitrogen and oxygen atoms in total. The molecule has 0 aromatic carbocycles. The van der Waals surface area contributed by atoms with E-state index in [2.05, 4.69) is 0 Å². The number of aliphatic hydroxyl groups is 1. The first-order valence-electron chi connectivity index (χ1n) is 5.92. The molecule has 8 heteroatoms. The van der Waals surface area contributed by atoms with Crippen LogP contribution in [0.1, 0.15) is 19.3 Å². The summed E-state index contributed by atoms with van der Waals surface area (Å²) in [5.74, 6) is -1.42. The third-order valence-corrected chi connectivity index (χ3v) is 5.21. The minimum atomic E-state index is -3.70. The molecule has 0 aromatic heterocycles. The van der Waals surface area contributed by atoms with Crippen molar-refractivity contribution < 1.29 is 28.2 Å². The lowest BCUT2D eigenvalue weighted by atomic mass is 10.2. The van der Waals surface area contributed by atoms with Crippen LogP contribution in [0.25, 0.3) is 0 Å². The van der Waals surface area contributed by atoms with Gasteiger partial charge in [-0.15, -0.1) is 0 Å². The number of carboxylic acid groups (broad SMARTS) is 1. The zero-order valence-electron chi connectivity index (χ0n) is 9.86. The van der Waals surface area contributed by atoms with Gasteiger partial charge in [0.25, 0.3) is 0 Å². The zero-order chi connectivity index (χ0) is 13.3. The maximum Gasteiger partial charge on any atom is 0.322 e. The summed E-state index contributed by atoms with van der Waals surface area (Å²) in [6, 6.07) is -1.16. The molecular weight excluding hydrogens is 262 g/mol. The van der Waals surface area contributed by atoms with Gasteiger partial charge in [-0.3, -0.25) is 4.79 Å². The third kappa shape index (κ3) is 2.82. The van der Waals surface area contributed by atoms with Crippen molar-refractivity contribution in [1.29, 1.82) is 0 Å². The Morgan fingerprint density at radius 2 is 2.17 bits per heavy atom. The SMILES string of the molecule is O=C(O)[C@@H]1C[C@H](O)CN1S(=O)(=O)CC1CCCO1. The van der Waals surface area contributed by atoms with Crippen molar-refractivity contribution in [1.82, 2.24) is 4.31 Å². The van der Waals surface area contributed by atoms with Gasteiger partial charge < -0.3 is 14.9 Å². The lowest BCUT2D eigenvalue weighted by Crippen LogP contribution is -2.43. The van der Waals surface area contributed by atoms with E-state index in [9.17, 15) is 18.3 Å². The van der Waals surface area contributed by atoms with E-state index < -0.39 is 28.1 Å². The highest BCUT2D eigenvalue weighted by Gasteiger charge is 2.43. The Labute approximate surface area is 105 Å². The highest BCUT2D eigenvalue weighted by Crippen LogP contribution is 2.24. The van der Waals surface area contributed by atoms with Crippen molar-refractivity contribution in [2.24, 2.45) is 0 Å². The highest BCUT2D eigenvalue weighted by atomic mass is 32.2. The average molecular weight is 279 g/mol. The molecule has 1 unspecified atom stereocenters. The molecule has 0 saturated carbocycles. The number of β-amino-alcohol motifs (C(OH)–C–C–N with tert-alkyl or cyclic N) is 1. The molecule has 0 aliphatic carbocycles. The first-order chi connectivity index (χ1) is 8.40.